The molecule has 0 aromatic heterocycles. The molecule has 0 N–H and O–H groups in total. The average molecular weight is 367 g/mol. The molecule has 5 heteroatoms. The van der Waals surface area contributed by atoms with Gasteiger partial charge in [0.15, 0.2) is 0 Å². The van der Waals surface area contributed by atoms with Crippen molar-refractivity contribution in [1.29, 1.82) is 0 Å². The van der Waals surface area contributed by atoms with Gasteiger partial charge in [0.25, 0.3) is 5.69 Å². The van der Waals surface area contributed by atoms with Crippen molar-refractivity contribution in [3.8, 4) is 0 Å². The fourth-order valence-electron chi connectivity index (χ4n) is 4.28. The van der Waals surface area contributed by atoms with Gasteiger partial charge >= 0.3 is 0 Å². The Bertz CT molecular complexity index is 576. The second-order valence-corrected chi connectivity index (χ2v) is 8.09. The highest BCUT2D eigenvalue weighted by atomic mass is 79.9. The van der Waals surface area contributed by atoms with Crippen LogP contribution in [0, 0.1) is 27.9 Å². The number of halogens is 1. The van der Waals surface area contributed by atoms with Crippen molar-refractivity contribution in [2.75, 3.05) is 11.4 Å². The summed E-state index contributed by atoms with van der Waals surface area (Å²) in [5.74, 6) is 2.04. The van der Waals surface area contributed by atoms with Gasteiger partial charge in [0, 0.05) is 23.1 Å². The zero-order valence-electron chi connectivity index (χ0n) is 13.2. The van der Waals surface area contributed by atoms with Crippen molar-refractivity contribution in [2.24, 2.45) is 17.8 Å². The second-order valence-electron chi connectivity index (χ2n) is 7.18. The first-order valence-corrected chi connectivity index (χ1v) is 8.95. The highest BCUT2D eigenvalue weighted by Gasteiger charge is 2.43. The van der Waals surface area contributed by atoms with Crippen molar-refractivity contribution in [1.82, 2.24) is 0 Å². The van der Waals surface area contributed by atoms with Gasteiger partial charge in [-0.05, 0) is 49.1 Å². The van der Waals surface area contributed by atoms with Gasteiger partial charge in [0.2, 0.25) is 0 Å². The van der Waals surface area contributed by atoms with Crippen molar-refractivity contribution in [2.45, 2.75) is 45.6 Å². The van der Waals surface area contributed by atoms with E-state index in [9.17, 15) is 10.1 Å². The average Bonchev–Trinajstić information content (AvgIpc) is 3.07. The van der Waals surface area contributed by atoms with E-state index in [2.05, 4.69) is 34.7 Å². The fraction of sp³-hybridized carbons (Fsp3) is 0.647. The number of fused-ring (bicyclic) bond motifs is 2. The standard InChI is InChI=1S/C17H23BrN2O2/c1-11(2)10-19(16-8-12-3-4-13(16)7-12)15-6-5-14(18)9-17(15)20(21)22/h5-6,9,11-13,16H,3-4,7-8,10H2,1-2H3. The van der Waals surface area contributed by atoms with Gasteiger partial charge in [-0.15, -0.1) is 0 Å². The fourth-order valence-corrected chi connectivity index (χ4v) is 4.63. The number of benzene rings is 1. The first-order chi connectivity index (χ1) is 10.5. The van der Waals surface area contributed by atoms with Crippen LogP contribution in [0.15, 0.2) is 22.7 Å². The monoisotopic (exact) mass is 366 g/mol. The van der Waals surface area contributed by atoms with E-state index in [0.717, 1.165) is 22.6 Å². The number of nitrogens with zero attached hydrogens (tertiary/aromatic N) is 2. The van der Waals surface area contributed by atoms with Crippen LogP contribution in [0.1, 0.15) is 39.5 Å². The molecule has 1 aromatic carbocycles. The molecule has 3 rings (SSSR count). The van der Waals surface area contributed by atoms with E-state index in [4.69, 9.17) is 0 Å². The van der Waals surface area contributed by atoms with E-state index >= 15 is 0 Å². The Balaban J connectivity index is 1.97. The molecule has 22 heavy (non-hydrogen) atoms. The summed E-state index contributed by atoms with van der Waals surface area (Å²) in [6.07, 6.45) is 5.14. The number of hydrogen-bond acceptors (Lipinski definition) is 3. The van der Waals surface area contributed by atoms with E-state index in [0.29, 0.717) is 17.9 Å². The van der Waals surface area contributed by atoms with E-state index < -0.39 is 0 Å². The van der Waals surface area contributed by atoms with Crippen LogP contribution < -0.4 is 4.90 Å². The Labute approximate surface area is 140 Å². The van der Waals surface area contributed by atoms with Gasteiger partial charge < -0.3 is 4.90 Å². The molecule has 2 saturated carbocycles. The minimum atomic E-state index is -0.249. The maximum Gasteiger partial charge on any atom is 0.293 e. The maximum absolute atomic E-state index is 11.5. The van der Waals surface area contributed by atoms with E-state index in [-0.39, 0.29) is 10.6 Å². The van der Waals surface area contributed by atoms with Crippen LogP contribution in [0.25, 0.3) is 0 Å². The van der Waals surface area contributed by atoms with E-state index in [1.807, 2.05) is 12.1 Å². The molecule has 0 saturated heterocycles. The van der Waals surface area contributed by atoms with Gasteiger partial charge in [0.05, 0.1) is 4.92 Å². The molecule has 0 aliphatic heterocycles. The van der Waals surface area contributed by atoms with Gasteiger partial charge in [-0.2, -0.15) is 0 Å². The molecule has 2 aliphatic rings. The number of rotatable bonds is 5. The number of hydrogen-bond donors (Lipinski definition) is 0. The predicted molar refractivity (Wildman–Crippen MR) is 92.2 cm³/mol. The van der Waals surface area contributed by atoms with Crippen molar-refractivity contribution >= 4 is 27.3 Å². The molecule has 3 atom stereocenters. The molecule has 0 radical (unpaired) electrons. The quantitative estimate of drug-likeness (QED) is 0.543. The number of anilines is 1. The van der Waals surface area contributed by atoms with Gasteiger partial charge in [-0.3, -0.25) is 10.1 Å². The van der Waals surface area contributed by atoms with Crippen LogP contribution in [0.5, 0.6) is 0 Å². The number of nitro groups is 1. The Morgan fingerprint density at radius 2 is 2.14 bits per heavy atom. The lowest BCUT2D eigenvalue weighted by Gasteiger charge is -2.37. The lowest BCUT2D eigenvalue weighted by Crippen LogP contribution is -2.41. The molecule has 1 aromatic rings. The lowest BCUT2D eigenvalue weighted by atomic mass is 9.92. The molecule has 0 heterocycles. The lowest BCUT2D eigenvalue weighted by molar-refractivity contribution is -0.384. The summed E-state index contributed by atoms with van der Waals surface area (Å²) in [7, 11) is 0. The minimum absolute atomic E-state index is 0.220. The molecular weight excluding hydrogens is 344 g/mol. The SMILES string of the molecule is CC(C)CN(c1ccc(Br)cc1[N+](=O)[O-])C1CC2CCC1C2. The Morgan fingerprint density at radius 3 is 2.68 bits per heavy atom. The normalized spacial score (nSPS) is 26.6. The van der Waals surface area contributed by atoms with Crippen LogP contribution in [0.2, 0.25) is 0 Å². The molecular formula is C17H23BrN2O2. The second kappa shape index (κ2) is 6.19. The summed E-state index contributed by atoms with van der Waals surface area (Å²) >= 11 is 3.36. The molecule has 2 bridgehead atoms. The highest BCUT2D eigenvalue weighted by Crippen LogP contribution is 2.48. The van der Waals surface area contributed by atoms with Crippen LogP contribution in [-0.4, -0.2) is 17.5 Å². The van der Waals surface area contributed by atoms with Crippen molar-refractivity contribution in [3.63, 3.8) is 0 Å². The topological polar surface area (TPSA) is 46.4 Å². The molecule has 2 fully saturated rings. The van der Waals surface area contributed by atoms with Crippen LogP contribution in [0.3, 0.4) is 0 Å². The predicted octanol–water partition coefficient (Wildman–Crippen LogP) is 5.01. The van der Waals surface area contributed by atoms with Crippen molar-refractivity contribution in [3.05, 3.63) is 32.8 Å². The van der Waals surface area contributed by atoms with Crippen LogP contribution in [-0.2, 0) is 0 Å². The summed E-state index contributed by atoms with van der Waals surface area (Å²) in [5.41, 5.74) is 1.01. The van der Waals surface area contributed by atoms with Gasteiger partial charge in [0.1, 0.15) is 5.69 Å². The van der Waals surface area contributed by atoms with Crippen molar-refractivity contribution < 1.29 is 4.92 Å². The summed E-state index contributed by atoms with van der Waals surface area (Å²) in [5, 5.41) is 11.5. The highest BCUT2D eigenvalue weighted by molar-refractivity contribution is 9.10. The maximum atomic E-state index is 11.5. The molecule has 2 aliphatic carbocycles. The summed E-state index contributed by atoms with van der Waals surface area (Å²) < 4.78 is 0.764. The third kappa shape index (κ3) is 3.00. The van der Waals surface area contributed by atoms with Gasteiger partial charge in [-0.25, -0.2) is 0 Å². The van der Waals surface area contributed by atoms with Gasteiger partial charge in [-0.1, -0.05) is 36.2 Å². The Morgan fingerprint density at radius 1 is 1.36 bits per heavy atom. The first kappa shape index (κ1) is 15.8. The molecule has 0 amide bonds. The van der Waals surface area contributed by atoms with Crippen LogP contribution in [0.4, 0.5) is 11.4 Å². The molecule has 120 valence electrons. The number of nitro benzene ring substituents is 1. The Hall–Kier alpha value is -1.10. The molecule has 3 unspecified atom stereocenters. The third-order valence-corrected chi connectivity index (χ3v) is 5.60. The zero-order valence-corrected chi connectivity index (χ0v) is 14.8. The van der Waals surface area contributed by atoms with E-state index in [1.54, 1.807) is 6.07 Å². The van der Waals surface area contributed by atoms with Crippen LogP contribution >= 0.6 is 15.9 Å². The minimum Gasteiger partial charge on any atom is -0.362 e. The third-order valence-electron chi connectivity index (χ3n) is 5.11. The summed E-state index contributed by atoms with van der Waals surface area (Å²) in [6.45, 7) is 5.26. The Kier molecular flexibility index (Phi) is 4.44. The summed E-state index contributed by atoms with van der Waals surface area (Å²) in [6, 6.07) is 5.94. The smallest absolute Gasteiger partial charge is 0.293 e. The molecule has 0 spiro atoms. The van der Waals surface area contributed by atoms with E-state index in [1.165, 1.54) is 25.7 Å². The summed E-state index contributed by atoms with van der Waals surface area (Å²) in [4.78, 5) is 13.6. The first-order valence-electron chi connectivity index (χ1n) is 8.16. The largest absolute Gasteiger partial charge is 0.362 e. The zero-order chi connectivity index (χ0) is 15.9. The molecule has 4 nitrogen and oxygen atoms in total.